The molecule has 1 atom stereocenters. The Labute approximate surface area is 122 Å². The summed E-state index contributed by atoms with van der Waals surface area (Å²) in [6.45, 7) is 0.862. The van der Waals surface area contributed by atoms with E-state index in [1.54, 1.807) is 0 Å². The molecule has 0 radical (unpaired) electrons. The Bertz CT molecular complexity index is 435. The molecule has 3 rings (SSSR count). The molecule has 1 saturated carbocycles. The number of rotatable bonds is 2. The van der Waals surface area contributed by atoms with Crippen molar-refractivity contribution in [1.82, 2.24) is 0 Å². The molecule has 1 aliphatic carbocycles. The van der Waals surface area contributed by atoms with Crippen molar-refractivity contribution in [2.45, 2.75) is 63.8 Å². The van der Waals surface area contributed by atoms with E-state index < -0.39 is 0 Å². The highest BCUT2D eigenvalue weighted by atomic mass is 16.5. The molecule has 1 aliphatic heterocycles. The fourth-order valence-electron chi connectivity index (χ4n) is 3.71. The Hall–Kier alpha value is -1.02. The second-order valence-electron chi connectivity index (χ2n) is 6.45. The molecule has 0 bridgehead atoms. The number of hydrogen-bond acceptors (Lipinski definition) is 2. The molecule has 1 aromatic carbocycles. The summed E-state index contributed by atoms with van der Waals surface area (Å²) in [5.41, 5.74) is 9.26. The summed E-state index contributed by atoms with van der Waals surface area (Å²) in [6, 6.07) is 6.83. The van der Waals surface area contributed by atoms with Crippen LogP contribution in [0.5, 0.6) is 5.75 Å². The molecule has 2 nitrogen and oxygen atoms in total. The van der Waals surface area contributed by atoms with E-state index in [0.29, 0.717) is 5.92 Å². The zero-order valence-electron chi connectivity index (χ0n) is 12.4. The van der Waals surface area contributed by atoms with Gasteiger partial charge in [0, 0.05) is 6.04 Å². The van der Waals surface area contributed by atoms with Gasteiger partial charge in [0.15, 0.2) is 0 Å². The lowest BCUT2D eigenvalue weighted by Crippen LogP contribution is -2.23. The third kappa shape index (κ3) is 3.17. The van der Waals surface area contributed by atoms with Crippen LogP contribution in [-0.4, -0.2) is 6.61 Å². The van der Waals surface area contributed by atoms with Gasteiger partial charge in [-0.2, -0.15) is 0 Å². The third-order valence-electron chi connectivity index (χ3n) is 4.98. The summed E-state index contributed by atoms with van der Waals surface area (Å²) in [7, 11) is 0. The molecule has 0 aromatic heterocycles. The second-order valence-corrected chi connectivity index (χ2v) is 6.45. The number of ether oxygens (including phenoxy) is 1. The molecule has 1 unspecified atom stereocenters. The zero-order chi connectivity index (χ0) is 13.8. The molecule has 1 aromatic rings. The van der Waals surface area contributed by atoms with Gasteiger partial charge in [0.2, 0.25) is 0 Å². The Morgan fingerprint density at radius 3 is 2.55 bits per heavy atom. The predicted molar refractivity (Wildman–Crippen MR) is 83.0 cm³/mol. The molecule has 2 aliphatic rings. The summed E-state index contributed by atoms with van der Waals surface area (Å²) >= 11 is 0. The molecule has 1 heterocycles. The number of benzene rings is 1. The van der Waals surface area contributed by atoms with Crippen LogP contribution in [0.2, 0.25) is 0 Å². The minimum atomic E-state index is 0.209. The molecule has 0 amide bonds. The fourth-order valence-corrected chi connectivity index (χ4v) is 3.71. The first-order valence-electron chi connectivity index (χ1n) is 8.36. The van der Waals surface area contributed by atoms with Crippen LogP contribution in [0.3, 0.4) is 0 Å². The van der Waals surface area contributed by atoms with E-state index in [0.717, 1.165) is 25.2 Å². The Morgan fingerprint density at radius 1 is 1.00 bits per heavy atom. The predicted octanol–water partition coefficient (Wildman–Crippen LogP) is 4.37. The lowest BCUT2D eigenvalue weighted by Gasteiger charge is -2.27. The monoisotopic (exact) mass is 273 g/mol. The maximum absolute atomic E-state index is 6.58. The number of fused-ring (bicyclic) bond motifs is 1. The molecule has 1 fully saturated rings. The molecular weight excluding hydrogens is 246 g/mol. The van der Waals surface area contributed by atoms with Crippen LogP contribution < -0.4 is 10.5 Å². The van der Waals surface area contributed by atoms with Gasteiger partial charge in [-0.15, -0.1) is 0 Å². The van der Waals surface area contributed by atoms with Gasteiger partial charge in [-0.05, 0) is 48.8 Å². The van der Waals surface area contributed by atoms with Crippen LogP contribution in [-0.2, 0) is 6.42 Å². The first kappa shape index (κ1) is 13.9. The van der Waals surface area contributed by atoms with Crippen LogP contribution in [0.4, 0.5) is 0 Å². The maximum atomic E-state index is 6.58. The first-order valence-corrected chi connectivity index (χ1v) is 8.36. The summed E-state index contributed by atoms with van der Waals surface area (Å²) in [6.07, 6.45) is 11.8. The quantitative estimate of drug-likeness (QED) is 0.868. The van der Waals surface area contributed by atoms with Crippen LogP contribution in [0.15, 0.2) is 18.2 Å². The van der Waals surface area contributed by atoms with Gasteiger partial charge in [-0.1, -0.05) is 44.2 Å². The van der Waals surface area contributed by atoms with Gasteiger partial charge in [-0.3, -0.25) is 0 Å². The number of aryl methyl sites for hydroxylation is 1. The number of nitrogens with two attached hydrogens (primary N) is 1. The highest BCUT2D eigenvalue weighted by molar-refractivity contribution is 5.39. The van der Waals surface area contributed by atoms with Gasteiger partial charge < -0.3 is 10.5 Å². The zero-order valence-corrected chi connectivity index (χ0v) is 12.4. The van der Waals surface area contributed by atoms with Crippen LogP contribution in [0.25, 0.3) is 0 Å². The summed E-state index contributed by atoms with van der Waals surface area (Å²) in [5.74, 6) is 1.74. The highest BCUT2D eigenvalue weighted by Gasteiger charge is 2.21. The van der Waals surface area contributed by atoms with E-state index in [4.69, 9.17) is 10.5 Å². The van der Waals surface area contributed by atoms with Gasteiger partial charge in [0.05, 0.1) is 6.61 Å². The molecular formula is C18H27NO. The Kier molecular flexibility index (Phi) is 4.62. The van der Waals surface area contributed by atoms with E-state index in [9.17, 15) is 0 Å². The molecule has 20 heavy (non-hydrogen) atoms. The number of hydrogen-bond donors (Lipinski definition) is 1. The van der Waals surface area contributed by atoms with Crippen molar-refractivity contribution >= 4 is 0 Å². The van der Waals surface area contributed by atoms with Crippen molar-refractivity contribution in [3.05, 3.63) is 29.3 Å². The highest BCUT2D eigenvalue weighted by Crippen LogP contribution is 2.34. The van der Waals surface area contributed by atoms with Crippen molar-refractivity contribution in [1.29, 1.82) is 0 Å². The van der Waals surface area contributed by atoms with Gasteiger partial charge in [0.1, 0.15) is 5.75 Å². The summed E-state index contributed by atoms with van der Waals surface area (Å²) in [5, 5.41) is 0. The van der Waals surface area contributed by atoms with E-state index in [-0.39, 0.29) is 6.04 Å². The summed E-state index contributed by atoms with van der Waals surface area (Å²) in [4.78, 5) is 0. The Morgan fingerprint density at radius 2 is 1.75 bits per heavy atom. The Balaban J connectivity index is 1.73. The van der Waals surface area contributed by atoms with Gasteiger partial charge in [0.25, 0.3) is 0 Å². The van der Waals surface area contributed by atoms with Crippen molar-refractivity contribution in [2.24, 2.45) is 11.7 Å². The van der Waals surface area contributed by atoms with Gasteiger partial charge >= 0.3 is 0 Å². The molecule has 110 valence electrons. The minimum Gasteiger partial charge on any atom is -0.493 e. The molecule has 0 spiro atoms. The van der Waals surface area contributed by atoms with Crippen LogP contribution >= 0.6 is 0 Å². The van der Waals surface area contributed by atoms with E-state index >= 15 is 0 Å². The van der Waals surface area contributed by atoms with E-state index in [1.807, 2.05) is 0 Å². The van der Waals surface area contributed by atoms with Gasteiger partial charge in [-0.25, -0.2) is 0 Å². The smallest absolute Gasteiger partial charge is 0.122 e. The molecule has 2 N–H and O–H groups in total. The molecule has 2 heteroatoms. The van der Waals surface area contributed by atoms with Crippen molar-refractivity contribution in [3.8, 4) is 5.75 Å². The molecule has 0 saturated heterocycles. The SMILES string of the molecule is NC(c1ccc2c(c1)CCCO2)C1CCCCCCC1. The van der Waals surface area contributed by atoms with Crippen molar-refractivity contribution in [3.63, 3.8) is 0 Å². The first-order chi connectivity index (χ1) is 9.84. The van der Waals surface area contributed by atoms with Crippen LogP contribution in [0, 0.1) is 5.92 Å². The second kappa shape index (κ2) is 6.62. The van der Waals surface area contributed by atoms with Crippen molar-refractivity contribution < 1.29 is 4.74 Å². The summed E-state index contributed by atoms with van der Waals surface area (Å²) < 4.78 is 5.70. The fraction of sp³-hybridized carbons (Fsp3) is 0.667. The van der Waals surface area contributed by atoms with Crippen molar-refractivity contribution in [2.75, 3.05) is 6.61 Å². The van der Waals surface area contributed by atoms with E-state index in [1.165, 1.54) is 56.1 Å². The minimum absolute atomic E-state index is 0.209. The lowest BCUT2D eigenvalue weighted by atomic mass is 9.83. The van der Waals surface area contributed by atoms with E-state index in [2.05, 4.69) is 18.2 Å². The average molecular weight is 273 g/mol. The maximum Gasteiger partial charge on any atom is 0.122 e. The third-order valence-corrected chi connectivity index (χ3v) is 4.98. The average Bonchev–Trinajstić information content (AvgIpc) is 2.46. The normalized spacial score (nSPS) is 22.2. The standard InChI is InChI=1S/C18H27NO/c19-18(14-7-4-2-1-3-5-8-14)16-10-11-17-15(13-16)9-6-12-20-17/h10-11,13-14,18H,1-9,12,19H2. The topological polar surface area (TPSA) is 35.2 Å². The largest absolute Gasteiger partial charge is 0.493 e. The lowest BCUT2D eigenvalue weighted by molar-refractivity contribution is 0.287. The van der Waals surface area contributed by atoms with Crippen LogP contribution in [0.1, 0.15) is 68.5 Å².